The molecule has 0 aromatic rings. The van der Waals surface area contributed by atoms with E-state index in [1.165, 1.54) is 0 Å². The van der Waals surface area contributed by atoms with Crippen LogP contribution < -0.4 is 0 Å². The second-order valence-electron chi connectivity index (χ2n) is 3.12. The Balaban J connectivity index is 2.27. The number of nitrogens with zero attached hydrogens (tertiary/aromatic N) is 1. The van der Waals surface area contributed by atoms with Gasteiger partial charge in [-0.15, -0.1) is 0 Å². The molecule has 5 heteroatoms. The Kier molecular flexibility index (Phi) is 3.99. The first-order valence-corrected chi connectivity index (χ1v) is 5.66. The number of carbonyl (C=O) groups is 1. The third kappa shape index (κ3) is 3.15. The number of rotatable bonds is 4. The normalized spacial score (nSPS) is 22.4. The summed E-state index contributed by atoms with van der Waals surface area (Å²) in [5.74, 6) is 0.303. The van der Waals surface area contributed by atoms with E-state index in [2.05, 4.69) is 11.8 Å². The number of carboxylic acid groups (broad SMARTS) is 1. The van der Waals surface area contributed by atoms with E-state index < -0.39 is 5.97 Å². The van der Waals surface area contributed by atoms with Crippen LogP contribution in [-0.4, -0.2) is 38.6 Å². The molecule has 1 unspecified atom stereocenters. The fraction of sp³-hybridized carbons (Fsp3) is 0.750. The lowest BCUT2D eigenvalue weighted by molar-refractivity contribution is -0.137. The van der Waals surface area contributed by atoms with Crippen molar-refractivity contribution in [3.63, 3.8) is 0 Å². The van der Waals surface area contributed by atoms with E-state index in [4.69, 9.17) is 17.3 Å². The third-order valence-electron chi connectivity index (χ3n) is 2.00. The predicted octanol–water partition coefficient (Wildman–Crippen LogP) is 1.57. The zero-order valence-electron chi connectivity index (χ0n) is 7.52. The molecule has 0 aliphatic carbocycles. The van der Waals surface area contributed by atoms with Crippen molar-refractivity contribution < 1.29 is 9.90 Å². The molecule has 1 heterocycles. The highest BCUT2D eigenvalue weighted by molar-refractivity contribution is 8.23. The topological polar surface area (TPSA) is 40.5 Å². The van der Waals surface area contributed by atoms with Gasteiger partial charge in [0.15, 0.2) is 0 Å². The van der Waals surface area contributed by atoms with Crippen molar-refractivity contribution in [2.24, 2.45) is 0 Å². The number of thiocarbonyl (C=S) groups is 1. The first-order chi connectivity index (χ1) is 6.11. The summed E-state index contributed by atoms with van der Waals surface area (Å²) < 4.78 is 0.915. The van der Waals surface area contributed by atoms with Gasteiger partial charge in [-0.1, -0.05) is 24.0 Å². The molecule has 0 amide bonds. The molecule has 1 fully saturated rings. The van der Waals surface area contributed by atoms with Crippen LogP contribution in [-0.2, 0) is 4.79 Å². The fourth-order valence-electron chi connectivity index (χ4n) is 1.26. The highest BCUT2D eigenvalue weighted by Gasteiger charge is 2.24. The zero-order chi connectivity index (χ0) is 9.84. The highest BCUT2D eigenvalue weighted by atomic mass is 32.2. The van der Waals surface area contributed by atoms with Crippen molar-refractivity contribution >= 4 is 34.3 Å². The Bertz CT molecular complexity index is 220. The van der Waals surface area contributed by atoms with Gasteiger partial charge in [0, 0.05) is 24.8 Å². The van der Waals surface area contributed by atoms with Gasteiger partial charge in [-0.05, 0) is 13.3 Å². The monoisotopic (exact) mass is 219 g/mol. The third-order valence-corrected chi connectivity index (χ3v) is 3.72. The number of hydrogen-bond donors (Lipinski definition) is 1. The van der Waals surface area contributed by atoms with E-state index in [9.17, 15) is 4.79 Å². The van der Waals surface area contributed by atoms with Crippen LogP contribution in [0.4, 0.5) is 0 Å². The Morgan fingerprint density at radius 1 is 1.85 bits per heavy atom. The molecule has 0 spiro atoms. The van der Waals surface area contributed by atoms with E-state index >= 15 is 0 Å². The molecule has 1 aliphatic rings. The molecule has 0 bridgehead atoms. The first kappa shape index (κ1) is 10.8. The maximum Gasteiger partial charge on any atom is 0.303 e. The Hall–Kier alpha value is -0.290. The van der Waals surface area contributed by atoms with Crippen LogP contribution in [0.5, 0.6) is 0 Å². The first-order valence-electron chi connectivity index (χ1n) is 4.26. The van der Waals surface area contributed by atoms with Crippen LogP contribution in [0.25, 0.3) is 0 Å². The molecular formula is C8H13NO2S2. The summed E-state index contributed by atoms with van der Waals surface area (Å²) in [7, 11) is 0. The summed E-state index contributed by atoms with van der Waals surface area (Å²) >= 11 is 6.82. The van der Waals surface area contributed by atoms with Gasteiger partial charge in [0.25, 0.3) is 0 Å². The summed E-state index contributed by atoms with van der Waals surface area (Å²) in [5, 5.41) is 8.46. The average Bonchev–Trinajstić information content (AvgIpc) is 2.34. The van der Waals surface area contributed by atoms with E-state index in [1.807, 2.05) is 0 Å². The van der Waals surface area contributed by atoms with Crippen molar-refractivity contribution in [2.45, 2.75) is 25.8 Å². The number of carboxylic acids is 1. The van der Waals surface area contributed by atoms with Gasteiger partial charge in [0.05, 0.1) is 0 Å². The summed E-state index contributed by atoms with van der Waals surface area (Å²) in [4.78, 5) is 12.4. The molecule has 0 radical (unpaired) electrons. The van der Waals surface area contributed by atoms with Crippen LogP contribution in [0.3, 0.4) is 0 Å². The van der Waals surface area contributed by atoms with E-state index in [-0.39, 0.29) is 6.42 Å². The Morgan fingerprint density at radius 3 is 3.00 bits per heavy atom. The lowest BCUT2D eigenvalue weighted by Gasteiger charge is -2.21. The molecule has 1 atom stereocenters. The molecule has 1 rings (SSSR count). The number of aliphatic carboxylic acids is 1. The van der Waals surface area contributed by atoms with Crippen LogP contribution in [0.1, 0.15) is 19.8 Å². The molecule has 0 aromatic heterocycles. The second-order valence-corrected chi connectivity index (χ2v) is 4.77. The summed E-state index contributed by atoms with van der Waals surface area (Å²) in [6, 6.07) is 0.464. The van der Waals surface area contributed by atoms with Crippen molar-refractivity contribution in [3.05, 3.63) is 0 Å². The average molecular weight is 219 g/mol. The minimum atomic E-state index is -0.731. The van der Waals surface area contributed by atoms with Gasteiger partial charge in [0.2, 0.25) is 0 Å². The van der Waals surface area contributed by atoms with Gasteiger partial charge >= 0.3 is 5.97 Å². The van der Waals surface area contributed by atoms with Crippen LogP contribution in [0.2, 0.25) is 0 Å². The standard InChI is InChI=1S/C8H13NO2S2/c1-6-5-13-8(12)9(6)4-2-3-7(10)11/h6H,2-5H2,1H3,(H,10,11). The molecule has 1 N–H and O–H groups in total. The maximum absolute atomic E-state index is 10.3. The van der Waals surface area contributed by atoms with Crippen molar-refractivity contribution in [1.29, 1.82) is 0 Å². The Morgan fingerprint density at radius 2 is 2.54 bits per heavy atom. The smallest absolute Gasteiger partial charge is 0.303 e. The molecular weight excluding hydrogens is 206 g/mol. The lowest BCUT2D eigenvalue weighted by atomic mass is 10.2. The van der Waals surface area contributed by atoms with Crippen LogP contribution in [0.15, 0.2) is 0 Å². The van der Waals surface area contributed by atoms with E-state index in [0.717, 1.165) is 16.6 Å². The number of hydrogen-bond acceptors (Lipinski definition) is 3. The molecule has 1 saturated heterocycles. The van der Waals surface area contributed by atoms with Crippen molar-refractivity contribution in [2.75, 3.05) is 12.3 Å². The maximum atomic E-state index is 10.3. The van der Waals surface area contributed by atoms with Crippen molar-refractivity contribution in [3.8, 4) is 0 Å². The summed E-state index contributed by atoms with van der Waals surface area (Å²) in [6.07, 6.45) is 0.914. The van der Waals surface area contributed by atoms with Crippen LogP contribution >= 0.6 is 24.0 Å². The summed E-state index contributed by atoms with van der Waals surface area (Å²) in [6.45, 7) is 2.90. The minimum Gasteiger partial charge on any atom is -0.481 e. The van der Waals surface area contributed by atoms with E-state index in [1.54, 1.807) is 11.8 Å². The van der Waals surface area contributed by atoms with Crippen molar-refractivity contribution in [1.82, 2.24) is 4.90 Å². The second kappa shape index (κ2) is 4.81. The van der Waals surface area contributed by atoms with Gasteiger partial charge in [0.1, 0.15) is 4.32 Å². The van der Waals surface area contributed by atoms with E-state index in [0.29, 0.717) is 12.5 Å². The molecule has 74 valence electrons. The molecule has 3 nitrogen and oxygen atoms in total. The largest absolute Gasteiger partial charge is 0.481 e. The van der Waals surface area contributed by atoms with Gasteiger partial charge < -0.3 is 10.0 Å². The van der Waals surface area contributed by atoms with Gasteiger partial charge in [-0.3, -0.25) is 4.79 Å². The fourth-order valence-corrected chi connectivity index (χ4v) is 2.73. The SMILES string of the molecule is CC1CSC(=S)N1CCCC(=O)O. The molecule has 13 heavy (non-hydrogen) atoms. The molecule has 0 saturated carbocycles. The quantitative estimate of drug-likeness (QED) is 0.727. The summed E-state index contributed by atoms with van der Waals surface area (Å²) in [5.41, 5.74) is 0. The number of thioether (sulfide) groups is 1. The zero-order valence-corrected chi connectivity index (χ0v) is 9.16. The minimum absolute atomic E-state index is 0.233. The molecule has 1 aliphatic heterocycles. The lowest BCUT2D eigenvalue weighted by Crippen LogP contribution is -2.31. The molecule has 0 aromatic carbocycles. The Labute approximate surface area is 87.5 Å². The van der Waals surface area contributed by atoms with Gasteiger partial charge in [-0.25, -0.2) is 0 Å². The van der Waals surface area contributed by atoms with Gasteiger partial charge in [-0.2, -0.15) is 0 Å². The predicted molar refractivity (Wildman–Crippen MR) is 58.1 cm³/mol. The highest BCUT2D eigenvalue weighted by Crippen LogP contribution is 2.23. The van der Waals surface area contributed by atoms with Crippen LogP contribution in [0, 0.1) is 0 Å².